The van der Waals surface area contributed by atoms with Crippen molar-refractivity contribution < 1.29 is 43.5 Å². The minimum absolute atomic E-state index is 0.131. The van der Waals surface area contributed by atoms with Crippen molar-refractivity contribution in [1.82, 2.24) is 4.90 Å². The summed E-state index contributed by atoms with van der Waals surface area (Å²) in [5.41, 5.74) is 0.0491. The Kier molecular flexibility index (Phi) is 5.41. The number of piperidine rings is 1. The second-order valence-electron chi connectivity index (χ2n) is 9.46. The third-order valence-electron chi connectivity index (χ3n) is 7.77. The monoisotopic (exact) mass is 485 g/mol. The van der Waals surface area contributed by atoms with Crippen molar-refractivity contribution in [2.45, 2.75) is 55.5 Å². The van der Waals surface area contributed by atoms with Gasteiger partial charge in [-0.1, -0.05) is 6.07 Å². The zero-order valence-electron chi connectivity index (χ0n) is 19.6. The van der Waals surface area contributed by atoms with Crippen molar-refractivity contribution in [2.75, 3.05) is 20.7 Å². The molecule has 0 radical (unpaired) electrons. The van der Waals surface area contributed by atoms with E-state index in [0.29, 0.717) is 24.3 Å². The summed E-state index contributed by atoms with van der Waals surface area (Å²) in [7, 11) is 3.56. The number of nitrogens with zero attached hydrogens (tertiary/aromatic N) is 1. The van der Waals surface area contributed by atoms with E-state index in [4.69, 9.17) is 19.3 Å². The molecule has 2 aliphatic carbocycles. The Morgan fingerprint density at radius 1 is 1.26 bits per heavy atom. The molecule has 2 N–H and O–H groups in total. The van der Waals surface area contributed by atoms with Crippen molar-refractivity contribution in [2.24, 2.45) is 0 Å². The summed E-state index contributed by atoms with van der Waals surface area (Å²) in [6, 6.07) is 3.73. The van der Waals surface area contributed by atoms with Crippen molar-refractivity contribution in [3.05, 3.63) is 47.2 Å². The van der Waals surface area contributed by atoms with E-state index in [1.807, 2.05) is 19.2 Å². The first-order valence-corrected chi connectivity index (χ1v) is 11.5. The van der Waals surface area contributed by atoms with E-state index >= 15 is 0 Å². The summed E-state index contributed by atoms with van der Waals surface area (Å²) < 4.78 is 22.2. The Hall–Kier alpha value is -3.37. The third-order valence-corrected chi connectivity index (χ3v) is 7.77. The fourth-order valence-electron chi connectivity index (χ4n) is 6.14. The number of hydrogen-bond acceptors (Lipinski definition) is 9. The van der Waals surface area contributed by atoms with Gasteiger partial charge < -0.3 is 34.1 Å². The first kappa shape index (κ1) is 23.4. The molecule has 2 heterocycles. The smallest absolute Gasteiger partial charge is 0.344 e. The number of esters is 2. The SMILES string of the molecule is COc1ccc2c3c1OC1C(OC(=O)/C=C/C(=O)O[C@@H](C)C(=O)O)=CC[C@@]4(O)[C@@H](C2)N(C)CCC314. The number of rotatable bonds is 6. The zero-order chi connectivity index (χ0) is 25.1. The minimum Gasteiger partial charge on any atom is -0.493 e. The number of likely N-dealkylation sites (tertiary alicyclic amines) is 1. The van der Waals surface area contributed by atoms with Crippen molar-refractivity contribution in [1.29, 1.82) is 0 Å². The molecule has 0 amide bonds. The van der Waals surface area contributed by atoms with Crippen molar-refractivity contribution in [3.63, 3.8) is 0 Å². The molecule has 1 fully saturated rings. The van der Waals surface area contributed by atoms with Gasteiger partial charge in [-0.3, -0.25) is 0 Å². The molecule has 1 aromatic carbocycles. The number of carboxylic acids is 1. The predicted octanol–water partition coefficient (Wildman–Crippen LogP) is 1.09. The second kappa shape index (κ2) is 8.10. The van der Waals surface area contributed by atoms with Gasteiger partial charge in [-0.25, -0.2) is 14.4 Å². The fourth-order valence-corrected chi connectivity index (χ4v) is 6.14. The van der Waals surface area contributed by atoms with Gasteiger partial charge in [0.05, 0.1) is 18.1 Å². The molecule has 2 aliphatic heterocycles. The average Bonchev–Trinajstić information content (AvgIpc) is 3.17. The highest BCUT2D eigenvalue weighted by Crippen LogP contribution is 2.65. The largest absolute Gasteiger partial charge is 0.493 e. The number of likely N-dealkylation sites (N-methyl/N-ethyl adjacent to an activating group) is 1. The van der Waals surface area contributed by atoms with Crippen LogP contribution < -0.4 is 9.47 Å². The molecule has 2 unspecified atom stereocenters. The Morgan fingerprint density at radius 3 is 2.71 bits per heavy atom. The van der Waals surface area contributed by atoms with E-state index < -0.39 is 41.1 Å². The first-order chi connectivity index (χ1) is 16.6. The van der Waals surface area contributed by atoms with Crippen LogP contribution in [-0.4, -0.2) is 77.6 Å². The summed E-state index contributed by atoms with van der Waals surface area (Å²) in [6.07, 6.45) is 2.80. The normalized spacial score (nSPS) is 31.1. The fraction of sp³-hybridized carbons (Fsp3) is 0.480. The van der Waals surface area contributed by atoms with Crippen LogP contribution in [0.1, 0.15) is 30.9 Å². The maximum Gasteiger partial charge on any atom is 0.344 e. The number of carbonyl (C=O) groups excluding carboxylic acids is 2. The minimum atomic E-state index is -1.35. The first-order valence-electron chi connectivity index (χ1n) is 11.5. The number of aliphatic hydroxyl groups is 1. The lowest BCUT2D eigenvalue weighted by molar-refractivity contribution is -0.168. The van der Waals surface area contributed by atoms with E-state index in [2.05, 4.69) is 9.64 Å². The van der Waals surface area contributed by atoms with Crippen LogP contribution >= 0.6 is 0 Å². The lowest BCUT2D eigenvalue weighted by Gasteiger charge is -2.61. The molecule has 0 aromatic heterocycles. The third kappa shape index (κ3) is 3.27. The summed E-state index contributed by atoms with van der Waals surface area (Å²) in [5, 5.41) is 21.0. The van der Waals surface area contributed by atoms with E-state index in [-0.39, 0.29) is 18.2 Å². The number of ether oxygens (including phenoxy) is 4. The van der Waals surface area contributed by atoms with Gasteiger partial charge in [-0.2, -0.15) is 0 Å². The molecule has 4 aliphatic rings. The highest BCUT2D eigenvalue weighted by molar-refractivity contribution is 5.93. The van der Waals surface area contributed by atoms with Gasteiger partial charge in [0.2, 0.25) is 0 Å². The van der Waals surface area contributed by atoms with Gasteiger partial charge in [0.1, 0.15) is 5.76 Å². The summed E-state index contributed by atoms with van der Waals surface area (Å²) in [5.74, 6) is -1.76. The molecule has 1 saturated heterocycles. The molecule has 5 atom stereocenters. The molecule has 1 spiro atoms. The number of methoxy groups -OCH3 is 1. The number of aliphatic carboxylic acids is 1. The molecule has 10 heteroatoms. The van der Waals surface area contributed by atoms with E-state index in [9.17, 15) is 19.5 Å². The molecule has 5 rings (SSSR count). The molecule has 10 nitrogen and oxygen atoms in total. The van der Waals surface area contributed by atoms with Gasteiger partial charge in [-0.15, -0.1) is 0 Å². The Labute approximate surface area is 201 Å². The van der Waals surface area contributed by atoms with Crippen LogP contribution in [0.15, 0.2) is 36.1 Å². The maximum atomic E-state index is 12.6. The van der Waals surface area contributed by atoms with Crippen LogP contribution in [0.3, 0.4) is 0 Å². The molecule has 2 bridgehead atoms. The number of benzene rings is 1. The molecule has 186 valence electrons. The van der Waals surface area contributed by atoms with Crippen LogP contribution in [0.5, 0.6) is 11.5 Å². The van der Waals surface area contributed by atoms with Crippen LogP contribution in [0.4, 0.5) is 0 Å². The van der Waals surface area contributed by atoms with E-state index in [0.717, 1.165) is 29.8 Å². The lowest BCUT2D eigenvalue weighted by atomic mass is 9.50. The number of carboxylic acid groups (broad SMARTS) is 1. The van der Waals surface area contributed by atoms with Crippen LogP contribution in [-0.2, 0) is 35.7 Å². The molecule has 35 heavy (non-hydrogen) atoms. The Morgan fingerprint density at radius 2 is 2.00 bits per heavy atom. The molecular weight excluding hydrogens is 458 g/mol. The molecular formula is C25H27NO9. The van der Waals surface area contributed by atoms with Gasteiger partial charge >= 0.3 is 17.9 Å². The number of carbonyl (C=O) groups is 3. The lowest BCUT2D eigenvalue weighted by Crippen LogP contribution is -2.74. The van der Waals surface area contributed by atoms with Gasteiger partial charge in [0, 0.05) is 30.2 Å². The highest BCUT2D eigenvalue weighted by Gasteiger charge is 2.72. The van der Waals surface area contributed by atoms with Gasteiger partial charge in [0.25, 0.3) is 0 Å². The quantitative estimate of drug-likeness (QED) is 0.446. The topological polar surface area (TPSA) is 132 Å². The predicted molar refractivity (Wildman–Crippen MR) is 120 cm³/mol. The summed E-state index contributed by atoms with van der Waals surface area (Å²) in [4.78, 5) is 37.3. The standard InChI is InChI=1S/C25H27NO9/c1-13(23(29)30)33-18(27)6-7-19(28)34-16-8-9-25(31)17-12-14-4-5-15(32-3)21-20(14)24(25,22(16)35-21)10-11-26(17)2/h4-8,13,17,22,31H,9-12H2,1-3H3,(H,29,30)/b7-6+/t13-,17+,22?,24?,25+/m0/s1. The summed E-state index contributed by atoms with van der Waals surface area (Å²) >= 11 is 0. The second-order valence-corrected chi connectivity index (χ2v) is 9.46. The molecule has 1 aromatic rings. The van der Waals surface area contributed by atoms with Crippen LogP contribution in [0, 0.1) is 0 Å². The summed E-state index contributed by atoms with van der Waals surface area (Å²) in [6.45, 7) is 1.94. The van der Waals surface area contributed by atoms with Gasteiger partial charge in [0.15, 0.2) is 23.7 Å². The van der Waals surface area contributed by atoms with Crippen LogP contribution in [0.2, 0.25) is 0 Å². The van der Waals surface area contributed by atoms with Gasteiger partial charge in [-0.05, 0) is 51.1 Å². The van der Waals surface area contributed by atoms with E-state index in [1.165, 1.54) is 6.92 Å². The Bertz CT molecular complexity index is 1170. The highest BCUT2D eigenvalue weighted by atomic mass is 16.6. The van der Waals surface area contributed by atoms with Crippen molar-refractivity contribution in [3.8, 4) is 11.5 Å². The average molecular weight is 485 g/mol. The van der Waals surface area contributed by atoms with Crippen molar-refractivity contribution >= 4 is 17.9 Å². The Balaban J connectivity index is 1.46. The molecule has 0 saturated carbocycles. The van der Waals surface area contributed by atoms with Crippen LogP contribution in [0.25, 0.3) is 0 Å². The number of hydrogen-bond donors (Lipinski definition) is 2. The van der Waals surface area contributed by atoms with E-state index in [1.54, 1.807) is 13.2 Å². The maximum absolute atomic E-state index is 12.6. The zero-order valence-corrected chi connectivity index (χ0v) is 19.6.